The van der Waals surface area contributed by atoms with Crippen LogP contribution in [0.4, 0.5) is 0 Å². The van der Waals surface area contributed by atoms with Crippen molar-refractivity contribution in [2.24, 2.45) is 11.1 Å². The third-order valence-corrected chi connectivity index (χ3v) is 4.02. The summed E-state index contributed by atoms with van der Waals surface area (Å²) < 4.78 is 0. The quantitative estimate of drug-likeness (QED) is 0.630. The van der Waals surface area contributed by atoms with Crippen molar-refractivity contribution in [3.05, 3.63) is 0 Å². The highest BCUT2D eigenvalue weighted by atomic mass is 16.3. The second-order valence-electron chi connectivity index (χ2n) is 5.20. The summed E-state index contributed by atoms with van der Waals surface area (Å²) in [5.74, 6) is 0. The normalized spacial score (nSPS) is 18.4. The van der Waals surface area contributed by atoms with E-state index in [1.807, 2.05) is 0 Å². The Bertz CT molecular complexity index is 188. The van der Waals surface area contributed by atoms with Crippen molar-refractivity contribution in [2.75, 3.05) is 26.2 Å². The molecule has 0 amide bonds. The van der Waals surface area contributed by atoms with E-state index in [1.54, 1.807) is 0 Å². The van der Waals surface area contributed by atoms with Crippen molar-refractivity contribution < 1.29 is 5.11 Å². The van der Waals surface area contributed by atoms with Crippen molar-refractivity contribution in [2.45, 2.75) is 52.0 Å². The molecule has 0 aromatic rings. The molecule has 1 saturated carbocycles. The molecular weight excluding hydrogens is 200 g/mol. The predicted octanol–water partition coefficient (Wildman–Crippen LogP) is 1.60. The summed E-state index contributed by atoms with van der Waals surface area (Å²) in [4.78, 5) is 2.47. The Labute approximate surface area is 100 Å². The lowest BCUT2D eigenvalue weighted by Crippen LogP contribution is -2.41. The minimum absolute atomic E-state index is 0.273. The van der Waals surface area contributed by atoms with Gasteiger partial charge in [-0.1, -0.05) is 13.8 Å². The van der Waals surface area contributed by atoms with E-state index in [-0.39, 0.29) is 6.61 Å². The maximum Gasteiger partial charge on any atom is 0.0558 e. The van der Waals surface area contributed by atoms with Crippen LogP contribution >= 0.6 is 0 Å². The molecular formula is C13H28N2O. The summed E-state index contributed by atoms with van der Waals surface area (Å²) >= 11 is 0. The SMILES string of the molecule is CCC(CC)N(CCO)CC1(CCN)CC1. The molecule has 3 N–H and O–H groups in total. The van der Waals surface area contributed by atoms with Crippen molar-refractivity contribution in [1.29, 1.82) is 0 Å². The molecule has 0 saturated heterocycles. The molecule has 1 fully saturated rings. The van der Waals surface area contributed by atoms with Gasteiger partial charge in [0, 0.05) is 19.1 Å². The van der Waals surface area contributed by atoms with Crippen LogP contribution in [0.2, 0.25) is 0 Å². The highest BCUT2D eigenvalue weighted by molar-refractivity contribution is 4.96. The molecule has 0 aliphatic heterocycles. The first-order valence-electron chi connectivity index (χ1n) is 6.76. The lowest BCUT2D eigenvalue weighted by molar-refractivity contribution is 0.116. The summed E-state index contributed by atoms with van der Waals surface area (Å²) in [6.45, 7) is 7.50. The molecule has 1 rings (SSSR count). The van der Waals surface area contributed by atoms with Crippen LogP contribution < -0.4 is 5.73 Å². The van der Waals surface area contributed by atoms with E-state index >= 15 is 0 Å². The van der Waals surface area contributed by atoms with Crippen LogP contribution in [0.25, 0.3) is 0 Å². The van der Waals surface area contributed by atoms with Gasteiger partial charge in [-0.05, 0) is 44.1 Å². The highest BCUT2D eigenvalue weighted by Crippen LogP contribution is 2.49. The van der Waals surface area contributed by atoms with Gasteiger partial charge in [-0.25, -0.2) is 0 Å². The molecule has 3 heteroatoms. The summed E-state index contributed by atoms with van der Waals surface area (Å²) in [7, 11) is 0. The molecule has 0 aromatic heterocycles. The molecule has 0 radical (unpaired) electrons. The molecule has 0 bridgehead atoms. The smallest absolute Gasteiger partial charge is 0.0558 e. The first-order valence-corrected chi connectivity index (χ1v) is 6.76. The zero-order valence-corrected chi connectivity index (χ0v) is 10.9. The Hall–Kier alpha value is -0.120. The van der Waals surface area contributed by atoms with Gasteiger partial charge < -0.3 is 10.8 Å². The number of hydrogen-bond donors (Lipinski definition) is 2. The minimum Gasteiger partial charge on any atom is -0.395 e. The van der Waals surface area contributed by atoms with Gasteiger partial charge in [-0.15, -0.1) is 0 Å². The Morgan fingerprint density at radius 3 is 2.31 bits per heavy atom. The zero-order chi connectivity index (χ0) is 12.0. The Kier molecular flexibility index (Phi) is 5.73. The summed E-state index contributed by atoms with van der Waals surface area (Å²) in [5.41, 5.74) is 6.17. The molecule has 1 aliphatic carbocycles. The van der Waals surface area contributed by atoms with Crippen molar-refractivity contribution in [1.82, 2.24) is 4.90 Å². The van der Waals surface area contributed by atoms with E-state index in [4.69, 9.17) is 10.8 Å². The summed E-state index contributed by atoms with van der Waals surface area (Å²) in [5, 5.41) is 9.16. The number of hydrogen-bond acceptors (Lipinski definition) is 3. The minimum atomic E-state index is 0.273. The van der Waals surface area contributed by atoms with Gasteiger partial charge >= 0.3 is 0 Å². The third kappa shape index (κ3) is 3.72. The van der Waals surface area contributed by atoms with Crippen LogP contribution in [0.15, 0.2) is 0 Å². The lowest BCUT2D eigenvalue weighted by Gasteiger charge is -2.33. The molecule has 1 aliphatic rings. The Morgan fingerprint density at radius 1 is 1.31 bits per heavy atom. The lowest BCUT2D eigenvalue weighted by atomic mass is 9.99. The van der Waals surface area contributed by atoms with Gasteiger partial charge in [0.1, 0.15) is 0 Å². The largest absolute Gasteiger partial charge is 0.395 e. The average molecular weight is 228 g/mol. The summed E-state index contributed by atoms with van der Waals surface area (Å²) in [6.07, 6.45) is 6.15. The van der Waals surface area contributed by atoms with Crippen LogP contribution in [0, 0.1) is 5.41 Å². The number of aliphatic hydroxyl groups is 1. The van der Waals surface area contributed by atoms with E-state index < -0.39 is 0 Å². The molecule has 0 unspecified atom stereocenters. The van der Waals surface area contributed by atoms with Gasteiger partial charge in [0.15, 0.2) is 0 Å². The molecule has 0 atom stereocenters. The number of rotatable bonds is 9. The Morgan fingerprint density at radius 2 is 1.94 bits per heavy atom. The maximum absolute atomic E-state index is 9.16. The molecule has 0 spiro atoms. The van der Waals surface area contributed by atoms with Crippen molar-refractivity contribution in [3.63, 3.8) is 0 Å². The van der Waals surface area contributed by atoms with Crippen LogP contribution in [-0.4, -0.2) is 42.3 Å². The van der Waals surface area contributed by atoms with Crippen LogP contribution in [-0.2, 0) is 0 Å². The fourth-order valence-electron chi connectivity index (χ4n) is 2.73. The van der Waals surface area contributed by atoms with Crippen molar-refractivity contribution in [3.8, 4) is 0 Å². The summed E-state index contributed by atoms with van der Waals surface area (Å²) in [6, 6.07) is 0.627. The standard InChI is InChI=1S/C13H28N2O/c1-3-12(4-2)15(9-10-16)11-13(5-6-13)7-8-14/h12,16H,3-11,14H2,1-2H3. The maximum atomic E-state index is 9.16. The van der Waals surface area contributed by atoms with Crippen LogP contribution in [0.5, 0.6) is 0 Å². The van der Waals surface area contributed by atoms with Gasteiger partial charge in [0.2, 0.25) is 0 Å². The first kappa shape index (κ1) is 13.9. The van der Waals surface area contributed by atoms with E-state index in [9.17, 15) is 0 Å². The number of aliphatic hydroxyl groups excluding tert-OH is 1. The zero-order valence-electron chi connectivity index (χ0n) is 10.9. The van der Waals surface area contributed by atoms with Gasteiger partial charge in [0.05, 0.1) is 6.61 Å². The molecule has 0 aromatic carbocycles. The van der Waals surface area contributed by atoms with E-state index in [0.717, 1.165) is 26.1 Å². The number of nitrogens with two attached hydrogens (primary N) is 1. The molecule has 96 valence electrons. The number of nitrogens with zero attached hydrogens (tertiary/aromatic N) is 1. The first-order chi connectivity index (χ1) is 7.71. The van der Waals surface area contributed by atoms with E-state index in [1.165, 1.54) is 25.7 Å². The average Bonchev–Trinajstić information content (AvgIpc) is 3.00. The van der Waals surface area contributed by atoms with Crippen LogP contribution in [0.3, 0.4) is 0 Å². The van der Waals surface area contributed by atoms with Gasteiger partial charge in [-0.2, -0.15) is 0 Å². The van der Waals surface area contributed by atoms with E-state index in [0.29, 0.717) is 11.5 Å². The molecule has 0 heterocycles. The van der Waals surface area contributed by atoms with Gasteiger partial charge in [-0.3, -0.25) is 4.90 Å². The van der Waals surface area contributed by atoms with Crippen LogP contribution in [0.1, 0.15) is 46.0 Å². The van der Waals surface area contributed by atoms with E-state index in [2.05, 4.69) is 18.7 Å². The molecule has 16 heavy (non-hydrogen) atoms. The highest BCUT2D eigenvalue weighted by Gasteiger charge is 2.43. The monoisotopic (exact) mass is 228 g/mol. The third-order valence-electron chi connectivity index (χ3n) is 4.02. The van der Waals surface area contributed by atoms with Gasteiger partial charge in [0.25, 0.3) is 0 Å². The second-order valence-corrected chi connectivity index (χ2v) is 5.20. The fraction of sp³-hybridized carbons (Fsp3) is 1.00. The topological polar surface area (TPSA) is 49.5 Å². The Balaban J connectivity index is 2.49. The second kappa shape index (κ2) is 6.58. The van der Waals surface area contributed by atoms with Crippen molar-refractivity contribution >= 4 is 0 Å². The predicted molar refractivity (Wildman–Crippen MR) is 68.4 cm³/mol. The fourth-order valence-corrected chi connectivity index (χ4v) is 2.73. The molecule has 3 nitrogen and oxygen atoms in total.